The molecule has 0 bridgehead atoms. The Balaban J connectivity index is 1.62. The van der Waals surface area contributed by atoms with E-state index in [1.165, 1.54) is 5.56 Å². The molecule has 26 heavy (non-hydrogen) atoms. The van der Waals surface area contributed by atoms with Crippen LogP contribution in [-0.2, 0) is 6.42 Å². The number of ether oxygens (including phenoxy) is 1. The Morgan fingerprint density at radius 2 is 1.81 bits per heavy atom. The first kappa shape index (κ1) is 17.5. The third kappa shape index (κ3) is 4.60. The van der Waals surface area contributed by atoms with E-state index in [-0.39, 0.29) is 5.91 Å². The van der Waals surface area contributed by atoms with Crippen molar-refractivity contribution in [3.63, 3.8) is 0 Å². The number of pyridine rings is 1. The molecule has 0 saturated carbocycles. The lowest BCUT2D eigenvalue weighted by atomic mass is 10.1. The number of para-hydroxylation sites is 2. The van der Waals surface area contributed by atoms with Crippen LogP contribution < -0.4 is 15.4 Å². The first-order chi connectivity index (χ1) is 12.8. The molecule has 0 saturated heterocycles. The summed E-state index contributed by atoms with van der Waals surface area (Å²) in [6.45, 7) is 0.745. The number of rotatable bonds is 7. The first-order valence-electron chi connectivity index (χ1n) is 8.44. The van der Waals surface area contributed by atoms with E-state index in [4.69, 9.17) is 4.74 Å². The molecule has 0 aliphatic heterocycles. The van der Waals surface area contributed by atoms with Crippen LogP contribution in [0.4, 0.5) is 11.5 Å². The maximum atomic E-state index is 12.5. The van der Waals surface area contributed by atoms with Crippen molar-refractivity contribution in [1.82, 2.24) is 4.98 Å². The van der Waals surface area contributed by atoms with E-state index in [0.29, 0.717) is 22.8 Å². The molecule has 0 unspecified atom stereocenters. The van der Waals surface area contributed by atoms with Crippen LogP contribution in [-0.4, -0.2) is 24.5 Å². The highest BCUT2D eigenvalue weighted by Gasteiger charge is 2.10. The van der Waals surface area contributed by atoms with Crippen LogP contribution >= 0.6 is 0 Å². The van der Waals surface area contributed by atoms with Gasteiger partial charge >= 0.3 is 0 Å². The van der Waals surface area contributed by atoms with Gasteiger partial charge in [0.05, 0.1) is 12.8 Å². The monoisotopic (exact) mass is 347 g/mol. The van der Waals surface area contributed by atoms with E-state index in [1.54, 1.807) is 37.6 Å². The summed E-state index contributed by atoms with van der Waals surface area (Å²) in [5, 5.41) is 6.13. The number of hydrogen-bond donors (Lipinski definition) is 2. The predicted octanol–water partition coefficient (Wildman–Crippen LogP) is 4.00. The molecule has 1 aromatic heterocycles. The Morgan fingerprint density at radius 3 is 2.62 bits per heavy atom. The third-order valence-electron chi connectivity index (χ3n) is 3.94. The second-order valence-corrected chi connectivity index (χ2v) is 5.75. The molecular weight excluding hydrogens is 326 g/mol. The first-order valence-corrected chi connectivity index (χ1v) is 8.44. The molecule has 0 radical (unpaired) electrons. The second-order valence-electron chi connectivity index (χ2n) is 5.75. The highest BCUT2D eigenvalue weighted by atomic mass is 16.5. The molecule has 1 heterocycles. The minimum atomic E-state index is -0.206. The summed E-state index contributed by atoms with van der Waals surface area (Å²) >= 11 is 0. The summed E-state index contributed by atoms with van der Waals surface area (Å²) < 4.78 is 5.26. The topological polar surface area (TPSA) is 63.2 Å². The van der Waals surface area contributed by atoms with Gasteiger partial charge in [-0.1, -0.05) is 42.5 Å². The van der Waals surface area contributed by atoms with Crippen LogP contribution in [0.2, 0.25) is 0 Å². The van der Waals surface area contributed by atoms with Gasteiger partial charge < -0.3 is 15.4 Å². The minimum absolute atomic E-state index is 0.206. The van der Waals surface area contributed by atoms with Crippen molar-refractivity contribution in [3.05, 3.63) is 84.1 Å². The summed E-state index contributed by atoms with van der Waals surface area (Å²) in [5.41, 5.74) is 2.42. The summed E-state index contributed by atoms with van der Waals surface area (Å²) in [6.07, 6.45) is 2.52. The third-order valence-corrected chi connectivity index (χ3v) is 3.94. The molecule has 3 rings (SSSR count). The molecule has 1 amide bonds. The zero-order valence-corrected chi connectivity index (χ0v) is 14.6. The van der Waals surface area contributed by atoms with Gasteiger partial charge in [0.2, 0.25) is 0 Å². The largest absolute Gasteiger partial charge is 0.495 e. The molecule has 2 aromatic carbocycles. The number of carbonyl (C=O) groups excluding carboxylic acids is 1. The molecule has 0 aliphatic rings. The molecule has 5 heteroatoms. The van der Waals surface area contributed by atoms with Gasteiger partial charge in [-0.3, -0.25) is 4.79 Å². The number of anilines is 2. The zero-order chi connectivity index (χ0) is 18.2. The SMILES string of the molecule is COc1ccccc1NC(=O)c1ccnc(NCCc2ccccc2)c1. The summed E-state index contributed by atoms with van der Waals surface area (Å²) in [5.74, 6) is 1.09. The van der Waals surface area contributed by atoms with Gasteiger partial charge in [0.1, 0.15) is 11.6 Å². The number of aromatic nitrogens is 1. The van der Waals surface area contributed by atoms with Crippen molar-refractivity contribution < 1.29 is 9.53 Å². The second kappa shape index (κ2) is 8.67. The van der Waals surface area contributed by atoms with E-state index in [9.17, 15) is 4.79 Å². The predicted molar refractivity (Wildman–Crippen MR) is 104 cm³/mol. The summed E-state index contributed by atoms with van der Waals surface area (Å²) in [4.78, 5) is 16.8. The normalized spacial score (nSPS) is 10.2. The van der Waals surface area contributed by atoms with Crippen molar-refractivity contribution in [2.45, 2.75) is 6.42 Å². The molecule has 2 N–H and O–H groups in total. The lowest BCUT2D eigenvalue weighted by Crippen LogP contribution is -2.14. The fourth-order valence-corrected chi connectivity index (χ4v) is 2.59. The Bertz CT molecular complexity index is 866. The highest BCUT2D eigenvalue weighted by molar-refractivity contribution is 6.05. The van der Waals surface area contributed by atoms with E-state index in [1.807, 2.05) is 30.3 Å². The number of nitrogens with one attached hydrogen (secondary N) is 2. The van der Waals surface area contributed by atoms with Gasteiger partial charge in [-0.25, -0.2) is 4.98 Å². The van der Waals surface area contributed by atoms with Crippen LogP contribution in [0.15, 0.2) is 72.9 Å². The molecule has 5 nitrogen and oxygen atoms in total. The van der Waals surface area contributed by atoms with Gasteiger partial charge in [-0.05, 0) is 36.2 Å². The van der Waals surface area contributed by atoms with Gasteiger partial charge in [-0.15, -0.1) is 0 Å². The zero-order valence-electron chi connectivity index (χ0n) is 14.6. The maximum Gasteiger partial charge on any atom is 0.255 e. The summed E-state index contributed by atoms with van der Waals surface area (Å²) in [6, 6.07) is 21.0. The van der Waals surface area contributed by atoms with E-state index < -0.39 is 0 Å². The Hall–Kier alpha value is -3.34. The Morgan fingerprint density at radius 1 is 1.04 bits per heavy atom. The van der Waals surface area contributed by atoms with Crippen molar-refractivity contribution >= 4 is 17.4 Å². The van der Waals surface area contributed by atoms with E-state index >= 15 is 0 Å². The van der Waals surface area contributed by atoms with Crippen LogP contribution in [0.5, 0.6) is 5.75 Å². The van der Waals surface area contributed by atoms with Crippen LogP contribution in [0, 0.1) is 0 Å². The quantitative estimate of drug-likeness (QED) is 0.678. The number of nitrogens with zero attached hydrogens (tertiary/aromatic N) is 1. The number of methoxy groups -OCH3 is 1. The van der Waals surface area contributed by atoms with Gasteiger partial charge in [0.15, 0.2) is 0 Å². The molecule has 0 fully saturated rings. The van der Waals surface area contributed by atoms with Gasteiger partial charge in [0, 0.05) is 18.3 Å². The van der Waals surface area contributed by atoms with E-state index in [0.717, 1.165) is 13.0 Å². The van der Waals surface area contributed by atoms with Crippen molar-refractivity contribution in [2.75, 3.05) is 24.3 Å². The van der Waals surface area contributed by atoms with Crippen LogP contribution in [0.1, 0.15) is 15.9 Å². The van der Waals surface area contributed by atoms with E-state index in [2.05, 4.69) is 27.8 Å². The lowest BCUT2D eigenvalue weighted by Gasteiger charge is -2.11. The molecule has 0 atom stereocenters. The average Bonchev–Trinajstić information content (AvgIpc) is 2.69. The molecular formula is C21H21N3O2. The Kier molecular flexibility index (Phi) is 5.83. The molecule has 3 aromatic rings. The van der Waals surface area contributed by atoms with Crippen LogP contribution in [0.25, 0.3) is 0 Å². The molecule has 0 aliphatic carbocycles. The number of benzene rings is 2. The number of amides is 1. The fraction of sp³-hybridized carbons (Fsp3) is 0.143. The number of carbonyl (C=O) groups is 1. The lowest BCUT2D eigenvalue weighted by molar-refractivity contribution is 0.102. The standard InChI is InChI=1S/C21H21N3O2/c1-26-19-10-6-5-9-18(19)24-21(25)17-12-14-23-20(15-17)22-13-11-16-7-3-2-4-8-16/h2-10,12,14-15H,11,13H2,1H3,(H,22,23)(H,24,25). The highest BCUT2D eigenvalue weighted by Crippen LogP contribution is 2.23. The van der Waals surface area contributed by atoms with Crippen LogP contribution in [0.3, 0.4) is 0 Å². The molecule has 0 spiro atoms. The maximum absolute atomic E-state index is 12.5. The van der Waals surface area contributed by atoms with Crippen molar-refractivity contribution in [2.24, 2.45) is 0 Å². The van der Waals surface area contributed by atoms with Gasteiger partial charge in [-0.2, -0.15) is 0 Å². The van der Waals surface area contributed by atoms with Crippen molar-refractivity contribution in [3.8, 4) is 5.75 Å². The molecule has 132 valence electrons. The van der Waals surface area contributed by atoms with Crippen molar-refractivity contribution in [1.29, 1.82) is 0 Å². The fourth-order valence-electron chi connectivity index (χ4n) is 2.59. The average molecular weight is 347 g/mol. The minimum Gasteiger partial charge on any atom is -0.495 e. The summed E-state index contributed by atoms with van der Waals surface area (Å²) in [7, 11) is 1.58. The Labute approximate surface area is 153 Å². The number of hydrogen-bond acceptors (Lipinski definition) is 4. The van der Waals surface area contributed by atoms with Gasteiger partial charge in [0.25, 0.3) is 5.91 Å². The smallest absolute Gasteiger partial charge is 0.255 e.